The Morgan fingerprint density at radius 2 is 2.20 bits per heavy atom. The molecule has 104 valence electrons. The van der Waals surface area contributed by atoms with Gasteiger partial charge in [-0.15, -0.1) is 0 Å². The summed E-state index contributed by atoms with van der Waals surface area (Å²) in [5.41, 5.74) is 4.41. The van der Waals surface area contributed by atoms with Gasteiger partial charge in [-0.05, 0) is 40.5 Å². The maximum atomic E-state index is 12.1. The minimum atomic E-state index is -0.297. The summed E-state index contributed by atoms with van der Waals surface area (Å²) in [5, 5.41) is 3.08. The molecule has 0 fully saturated rings. The van der Waals surface area contributed by atoms with Crippen LogP contribution in [-0.2, 0) is 0 Å². The Kier molecular flexibility index (Phi) is 4.59. The van der Waals surface area contributed by atoms with E-state index in [-0.39, 0.29) is 10.9 Å². The summed E-state index contributed by atoms with van der Waals surface area (Å²) in [7, 11) is 0. The quantitative estimate of drug-likeness (QED) is 0.583. The summed E-state index contributed by atoms with van der Waals surface area (Å²) in [6.07, 6.45) is 1.40. The topological polar surface area (TPSA) is 80.0 Å². The smallest absolute Gasteiger partial charge is 0.257 e. The molecule has 0 unspecified atom stereocenters. The number of anilines is 2. The van der Waals surface area contributed by atoms with E-state index in [2.05, 4.69) is 31.7 Å². The molecule has 20 heavy (non-hydrogen) atoms. The Morgan fingerprint density at radius 1 is 1.45 bits per heavy atom. The molecule has 4 N–H and O–H groups in total. The summed E-state index contributed by atoms with van der Waals surface area (Å²) in [4.78, 5) is 16.1. The van der Waals surface area contributed by atoms with E-state index in [1.807, 2.05) is 19.1 Å². The van der Waals surface area contributed by atoms with Gasteiger partial charge < -0.3 is 10.7 Å². The number of nitrogens with two attached hydrogens (primary N) is 1. The number of benzene rings is 1. The van der Waals surface area contributed by atoms with Crippen molar-refractivity contribution in [3.8, 4) is 0 Å². The van der Waals surface area contributed by atoms with Crippen molar-refractivity contribution in [1.82, 2.24) is 4.98 Å². The van der Waals surface area contributed by atoms with Gasteiger partial charge in [0, 0.05) is 10.7 Å². The zero-order valence-corrected chi connectivity index (χ0v) is 12.9. The van der Waals surface area contributed by atoms with Gasteiger partial charge in [0.25, 0.3) is 5.91 Å². The van der Waals surface area contributed by atoms with E-state index in [0.29, 0.717) is 17.1 Å². The first-order valence-corrected chi connectivity index (χ1v) is 6.88. The molecule has 1 aromatic heterocycles. The van der Waals surface area contributed by atoms with Crippen molar-refractivity contribution in [3.63, 3.8) is 0 Å². The maximum absolute atomic E-state index is 12.1. The summed E-state index contributed by atoms with van der Waals surface area (Å²) in [6.45, 7) is 1.94. The molecule has 0 aliphatic heterocycles. The van der Waals surface area contributed by atoms with Crippen molar-refractivity contribution in [3.05, 3.63) is 51.1 Å². The Morgan fingerprint density at radius 3 is 2.85 bits per heavy atom. The van der Waals surface area contributed by atoms with Crippen molar-refractivity contribution < 1.29 is 4.79 Å². The van der Waals surface area contributed by atoms with Gasteiger partial charge in [0.2, 0.25) is 0 Å². The van der Waals surface area contributed by atoms with E-state index in [4.69, 9.17) is 17.4 Å². The van der Waals surface area contributed by atoms with Gasteiger partial charge in [-0.25, -0.2) is 10.8 Å². The van der Waals surface area contributed by atoms with Crippen molar-refractivity contribution in [2.45, 2.75) is 6.92 Å². The standard InChI is InChI=1S/C13H12BrClN4O/c1-7-3-2-4-10(11(7)14)18-13(20)8-5-9(15)12(19-16)17-6-8/h2-6H,16H2,1H3,(H,17,19)(H,18,20). The third-order valence-electron chi connectivity index (χ3n) is 2.68. The Labute approximate surface area is 129 Å². The van der Waals surface area contributed by atoms with Crippen molar-refractivity contribution >= 4 is 44.9 Å². The first-order valence-electron chi connectivity index (χ1n) is 5.71. The number of rotatable bonds is 3. The molecule has 0 aliphatic carbocycles. The number of halogens is 2. The number of carbonyl (C=O) groups excluding carboxylic acids is 1. The summed E-state index contributed by atoms with van der Waals surface area (Å²) in [5.74, 6) is 5.26. The van der Waals surface area contributed by atoms with Crippen molar-refractivity contribution in [1.29, 1.82) is 0 Å². The molecule has 0 saturated carbocycles. The molecule has 0 spiro atoms. The Balaban J connectivity index is 2.24. The molecule has 0 saturated heterocycles. The third kappa shape index (κ3) is 3.09. The molecular weight excluding hydrogens is 344 g/mol. The van der Waals surface area contributed by atoms with Crippen LogP contribution in [0.3, 0.4) is 0 Å². The maximum Gasteiger partial charge on any atom is 0.257 e. The van der Waals surface area contributed by atoms with E-state index < -0.39 is 0 Å². The fourth-order valence-electron chi connectivity index (χ4n) is 1.61. The number of hydrazine groups is 1. The van der Waals surface area contributed by atoms with Crippen LogP contribution in [0.1, 0.15) is 15.9 Å². The Hall–Kier alpha value is -1.63. The van der Waals surface area contributed by atoms with Crippen LogP contribution in [-0.4, -0.2) is 10.9 Å². The number of hydrogen-bond acceptors (Lipinski definition) is 4. The van der Waals surface area contributed by atoms with Gasteiger partial charge in [0.1, 0.15) is 0 Å². The van der Waals surface area contributed by atoms with Crippen molar-refractivity contribution in [2.75, 3.05) is 10.7 Å². The summed E-state index contributed by atoms with van der Waals surface area (Å²) >= 11 is 9.37. The molecule has 0 atom stereocenters. The van der Waals surface area contributed by atoms with Gasteiger partial charge in [-0.3, -0.25) is 4.79 Å². The average Bonchev–Trinajstić information content (AvgIpc) is 2.43. The second kappa shape index (κ2) is 6.21. The minimum Gasteiger partial charge on any atom is -0.321 e. The van der Waals surface area contributed by atoms with Gasteiger partial charge in [0.15, 0.2) is 5.82 Å². The first-order chi connectivity index (χ1) is 9.52. The number of carbonyl (C=O) groups is 1. The number of hydrogen-bond donors (Lipinski definition) is 3. The van der Waals surface area contributed by atoms with Crippen LogP contribution in [0.4, 0.5) is 11.5 Å². The highest BCUT2D eigenvalue weighted by Crippen LogP contribution is 2.26. The van der Waals surface area contributed by atoms with Crippen molar-refractivity contribution in [2.24, 2.45) is 5.84 Å². The zero-order chi connectivity index (χ0) is 14.7. The normalized spacial score (nSPS) is 10.2. The lowest BCUT2D eigenvalue weighted by Crippen LogP contribution is -2.14. The van der Waals surface area contributed by atoms with Gasteiger partial charge in [-0.2, -0.15) is 0 Å². The number of nitrogens with one attached hydrogen (secondary N) is 2. The molecule has 1 heterocycles. The molecule has 2 rings (SSSR count). The molecule has 0 bridgehead atoms. The SMILES string of the molecule is Cc1cccc(NC(=O)c2cnc(NN)c(Cl)c2)c1Br. The highest BCUT2D eigenvalue weighted by molar-refractivity contribution is 9.10. The fraction of sp³-hybridized carbons (Fsp3) is 0.0769. The van der Waals surface area contributed by atoms with Crippen LogP contribution >= 0.6 is 27.5 Å². The number of nitrogen functional groups attached to an aromatic ring is 1. The van der Waals surface area contributed by atoms with Crippen LogP contribution in [0.15, 0.2) is 34.9 Å². The molecule has 2 aromatic rings. The highest BCUT2D eigenvalue weighted by atomic mass is 79.9. The lowest BCUT2D eigenvalue weighted by Gasteiger charge is -2.10. The van der Waals surface area contributed by atoms with Crippen LogP contribution in [0.25, 0.3) is 0 Å². The van der Waals surface area contributed by atoms with E-state index in [0.717, 1.165) is 10.0 Å². The van der Waals surface area contributed by atoms with E-state index in [9.17, 15) is 4.79 Å². The molecule has 7 heteroatoms. The minimum absolute atomic E-state index is 0.281. The summed E-state index contributed by atoms with van der Waals surface area (Å²) in [6, 6.07) is 7.12. The number of aromatic nitrogens is 1. The Bertz CT molecular complexity index is 663. The largest absolute Gasteiger partial charge is 0.321 e. The monoisotopic (exact) mass is 354 g/mol. The molecule has 1 amide bonds. The predicted molar refractivity (Wildman–Crippen MR) is 83.9 cm³/mol. The number of nitrogens with zero attached hydrogens (tertiary/aromatic N) is 1. The van der Waals surface area contributed by atoms with Gasteiger partial charge in [-0.1, -0.05) is 23.7 Å². The lowest BCUT2D eigenvalue weighted by molar-refractivity contribution is 0.102. The molecule has 0 aliphatic rings. The van der Waals surface area contributed by atoms with Crippen LogP contribution in [0.2, 0.25) is 5.02 Å². The lowest BCUT2D eigenvalue weighted by atomic mass is 10.2. The van der Waals surface area contributed by atoms with E-state index in [1.165, 1.54) is 12.3 Å². The second-order valence-electron chi connectivity index (χ2n) is 4.09. The van der Waals surface area contributed by atoms with Gasteiger partial charge >= 0.3 is 0 Å². The second-order valence-corrected chi connectivity index (χ2v) is 5.29. The highest BCUT2D eigenvalue weighted by Gasteiger charge is 2.11. The summed E-state index contributed by atoms with van der Waals surface area (Å²) < 4.78 is 0.840. The van der Waals surface area contributed by atoms with Crippen LogP contribution < -0.4 is 16.6 Å². The third-order valence-corrected chi connectivity index (χ3v) is 4.02. The molecule has 0 radical (unpaired) electrons. The average molecular weight is 356 g/mol. The molecule has 1 aromatic carbocycles. The number of amides is 1. The van der Waals surface area contributed by atoms with E-state index >= 15 is 0 Å². The molecule has 5 nitrogen and oxygen atoms in total. The predicted octanol–water partition coefficient (Wildman–Crippen LogP) is 3.34. The molecular formula is C13H12BrClN4O. The van der Waals surface area contributed by atoms with E-state index in [1.54, 1.807) is 6.07 Å². The van der Waals surface area contributed by atoms with Crippen LogP contribution in [0, 0.1) is 6.92 Å². The fourth-order valence-corrected chi connectivity index (χ4v) is 2.19. The first kappa shape index (κ1) is 14.8. The number of aryl methyl sites for hydroxylation is 1. The zero-order valence-electron chi connectivity index (χ0n) is 10.6. The van der Waals surface area contributed by atoms with Gasteiger partial charge in [0.05, 0.1) is 16.3 Å². The number of pyridine rings is 1. The van der Waals surface area contributed by atoms with Crippen LogP contribution in [0.5, 0.6) is 0 Å².